The molecule has 2 atom stereocenters. The summed E-state index contributed by atoms with van der Waals surface area (Å²) in [6, 6.07) is -0.0680. The summed E-state index contributed by atoms with van der Waals surface area (Å²) in [4.78, 5) is 24.8. The molecule has 2 unspecified atom stereocenters. The van der Waals surface area contributed by atoms with E-state index in [1.54, 1.807) is 0 Å². The van der Waals surface area contributed by atoms with Gasteiger partial charge in [-0.25, -0.2) is 0 Å². The smallest absolute Gasteiger partial charge is 0.307 e. The lowest BCUT2D eigenvalue weighted by Gasteiger charge is -2.35. The van der Waals surface area contributed by atoms with Crippen molar-refractivity contribution in [3.63, 3.8) is 0 Å². The Hall–Kier alpha value is -1.10. The second kappa shape index (κ2) is 5.04. The molecule has 1 amide bonds. The lowest BCUT2D eigenvalue weighted by atomic mass is 9.91. The third kappa shape index (κ3) is 4.00. The van der Waals surface area contributed by atoms with Crippen molar-refractivity contribution in [2.24, 2.45) is 11.3 Å². The number of amides is 1. The van der Waals surface area contributed by atoms with Crippen LogP contribution in [0, 0.1) is 11.3 Å². The number of rotatable bonds is 2. The minimum atomic E-state index is -0.786. The molecule has 1 aliphatic heterocycles. The maximum Gasteiger partial charge on any atom is 0.307 e. The highest BCUT2D eigenvalue weighted by Gasteiger charge is 2.32. The Morgan fingerprint density at radius 1 is 1.29 bits per heavy atom. The molecule has 1 saturated heterocycles. The Bertz CT molecular complexity index is 309. The first-order valence-electron chi connectivity index (χ1n) is 5.92. The number of hydrogen-bond donors (Lipinski definition) is 2. The zero-order valence-corrected chi connectivity index (χ0v) is 11.0. The highest BCUT2D eigenvalue weighted by Crippen LogP contribution is 2.18. The van der Waals surface area contributed by atoms with Crippen LogP contribution in [0.15, 0.2) is 0 Å². The number of likely N-dealkylation sites (tertiary alicyclic amines) is 1. The van der Waals surface area contributed by atoms with Gasteiger partial charge in [0.2, 0.25) is 5.91 Å². The third-order valence-corrected chi connectivity index (χ3v) is 3.00. The van der Waals surface area contributed by atoms with Gasteiger partial charge >= 0.3 is 5.97 Å². The molecule has 98 valence electrons. The van der Waals surface area contributed by atoms with Gasteiger partial charge in [-0.15, -0.1) is 0 Å². The van der Waals surface area contributed by atoms with Crippen molar-refractivity contribution < 1.29 is 14.7 Å². The molecular formula is C12H22N2O3. The minimum Gasteiger partial charge on any atom is -0.481 e. The first-order valence-corrected chi connectivity index (χ1v) is 5.92. The van der Waals surface area contributed by atoms with Crippen molar-refractivity contribution in [1.82, 2.24) is 10.2 Å². The lowest BCUT2D eigenvalue weighted by molar-refractivity contribution is -0.144. The molecule has 0 aromatic carbocycles. The number of carboxylic acids is 1. The highest BCUT2D eigenvalue weighted by molar-refractivity contribution is 5.81. The number of carbonyl (C=O) groups is 2. The van der Waals surface area contributed by atoms with Gasteiger partial charge in [0.15, 0.2) is 0 Å². The van der Waals surface area contributed by atoms with E-state index in [0.717, 1.165) is 0 Å². The number of carbonyl (C=O) groups excluding carboxylic acids is 1. The summed E-state index contributed by atoms with van der Waals surface area (Å²) in [5.74, 6) is -1.20. The van der Waals surface area contributed by atoms with Crippen LogP contribution in [0.4, 0.5) is 0 Å². The Balaban J connectivity index is 2.60. The van der Waals surface area contributed by atoms with Gasteiger partial charge in [-0.05, 0) is 13.5 Å². The van der Waals surface area contributed by atoms with Crippen molar-refractivity contribution in [1.29, 1.82) is 0 Å². The summed E-state index contributed by atoms with van der Waals surface area (Å²) in [6.07, 6.45) is 0.515. The van der Waals surface area contributed by atoms with Crippen molar-refractivity contribution in [2.75, 3.05) is 20.1 Å². The quantitative estimate of drug-likeness (QED) is 0.742. The molecule has 17 heavy (non-hydrogen) atoms. The SMILES string of the molecule is CN1CC(NC(=O)C(C)(C)C)CC(C(=O)O)C1. The van der Waals surface area contributed by atoms with E-state index in [9.17, 15) is 9.59 Å². The van der Waals surface area contributed by atoms with E-state index in [-0.39, 0.29) is 17.9 Å². The third-order valence-electron chi connectivity index (χ3n) is 3.00. The second-order valence-corrected chi connectivity index (χ2v) is 5.91. The molecule has 2 N–H and O–H groups in total. The average Bonchev–Trinajstić information content (AvgIpc) is 2.14. The standard InChI is InChI=1S/C12H22N2O3/c1-12(2,3)11(17)13-9-5-8(10(15)16)6-14(4)7-9/h8-9H,5-7H2,1-4H3,(H,13,17)(H,15,16). The molecule has 0 spiro atoms. The fourth-order valence-electron chi connectivity index (χ4n) is 2.00. The average molecular weight is 242 g/mol. The maximum atomic E-state index is 11.8. The summed E-state index contributed by atoms with van der Waals surface area (Å²) in [6.45, 7) is 6.82. The Morgan fingerprint density at radius 2 is 1.88 bits per heavy atom. The number of aliphatic carboxylic acids is 1. The van der Waals surface area contributed by atoms with Crippen molar-refractivity contribution in [3.8, 4) is 0 Å². The summed E-state index contributed by atoms with van der Waals surface area (Å²) in [5.41, 5.74) is -0.436. The van der Waals surface area contributed by atoms with Crippen LogP contribution in [0.5, 0.6) is 0 Å². The van der Waals surface area contributed by atoms with Gasteiger partial charge in [-0.1, -0.05) is 20.8 Å². The van der Waals surface area contributed by atoms with E-state index in [1.807, 2.05) is 32.7 Å². The number of carboxylic acid groups (broad SMARTS) is 1. The Kier molecular flexibility index (Phi) is 4.14. The van der Waals surface area contributed by atoms with Crippen LogP contribution < -0.4 is 5.32 Å². The molecule has 5 heteroatoms. The molecule has 5 nitrogen and oxygen atoms in total. The first-order chi connectivity index (χ1) is 7.70. The van der Waals surface area contributed by atoms with Gasteiger partial charge in [-0.2, -0.15) is 0 Å². The van der Waals surface area contributed by atoms with Gasteiger partial charge in [0.05, 0.1) is 5.92 Å². The Morgan fingerprint density at radius 3 is 2.35 bits per heavy atom. The van der Waals surface area contributed by atoms with Crippen molar-refractivity contribution in [3.05, 3.63) is 0 Å². The van der Waals surface area contributed by atoms with Crippen LogP contribution in [-0.4, -0.2) is 48.1 Å². The maximum absolute atomic E-state index is 11.8. The van der Waals surface area contributed by atoms with Crippen LogP contribution in [0.3, 0.4) is 0 Å². The number of likely N-dealkylation sites (N-methyl/N-ethyl adjacent to an activating group) is 1. The summed E-state index contributed by atoms with van der Waals surface area (Å²) in [5, 5.41) is 12.0. The van der Waals surface area contributed by atoms with Crippen molar-refractivity contribution >= 4 is 11.9 Å². The highest BCUT2D eigenvalue weighted by atomic mass is 16.4. The molecule has 0 aromatic rings. The molecule has 1 aliphatic rings. The van der Waals surface area contributed by atoms with Gasteiger partial charge in [0, 0.05) is 24.5 Å². The van der Waals surface area contributed by atoms with Gasteiger partial charge in [0.25, 0.3) is 0 Å². The van der Waals surface area contributed by atoms with Gasteiger partial charge in [-0.3, -0.25) is 9.59 Å². The zero-order chi connectivity index (χ0) is 13.2. The number of hydrogen-bond acceptors (Lipinski definition) is 3. The van der Waals surface area contributed by atoms with E-state index in [4.69, 9.17) is 5.11 Å². The monoisotopic (exact) mass is 242 g/mol. The molecule has 0 aliphatic carbocycles. The predicted molar refractivity (Wildman–Crippen MR) is 64.6 cm³/mol. The molecule has 0 radical (unpaired) electrons. The topological polar surface area (TPSA) is 69.6 Å². The summed E-state index contributed by atoms with van der Waals surface area (Å²) in [7, 11) is 1.88. The lowest BCUT2D eigenvalue weighted by Crippen LogP contribution is -2.53. The van der Waals surface area contributed by atoms with Crippen LogP contribution in [0.1, 0.15) is 27.2 Å². The molecule has 1 fully saturated rings. The van der Waals surface area contributed by atoms with E-state index in [0.29, 0.717) is 19.5 Å². The molecule has 1 rings (SSSR count). The van der Waals surface area contributed by atoms with Gasteiger partial charge < -0.3 is 15.3 Å². The van der Waals surface area contributed by atoms with E-state index < -0.39 is 11.4 Å². The summed E-state index contributed by atoms with van der Waals surface area (Å²) >= 11 is 0. The minimum absolute atomic E-state index is 0.0260. The number of piperidine rings is 1. The van der Waals surface area contributed by atoms with Gasteiger partial charge in [0.1, 0.15) is 0 Å². The molecule has 0 aromatic heterocycles. The fraction of sp³-hybridized carbons (Fsp3) is 0.833. The number of nitrogens with one attached hydrogen (secondary N) is 1. The normalized spacial score (nSPS) is 26.6. The largest absolute Gasteiger partial charge is 0.481 e. The molecule has 0 bridgehead atoms. The predicted octanol–water partition coefficient (Wildman–Crippen LogP) is 0.554. The molecular weight excluding hydrogens is 220 g/mol. The first kappa shape index (κ1) is 14.0. The molecule has 0 saturated carbocycles. The van der Waals surface area contributed by atoms with E-state index >= 15 is 0 Å². The van der Waals surface area contributed by atoms with Crippen LogP contribution in [-0.2, 0) is 9.59 Å². The number of nitrogens with zero attached hydrogens (tertiary/aromatic N) is 1. The van der Waals surface area contributed by atoms with Crippen molar-refractivity contribution in [2.45, 2.75) is 33.2 Å². The van der Waals surface area contributed by atoms with Crippen LogP contribution in [0.2, 0.25) is 0 Å². The van der Waals surface area contributed by atoms with E-state index in [1.165, 1.54) is 0 Å². The van der Waals surface area contributed by atoms with Crippen LogP contribution in [0.25, 0.3) is 0 Å². The summed E-state index contributed by atoms with van der Waals surface area (Å²) < 4.78 is 0. The zero-order valence-electron chi connectivity index (χ0n) is 11.0. The fourth-order valence-corrected chi connectivity index (χ4v) is 2.00. The Labute approximate surface area is 102 Å². The second-order valence-electron chi connectivity index (χ2n) is 5.91. The van der Waals surface area contributed by atoms with E-state index in [2.05, 4.69) is 5.32 Å². The van der Waals surface area contributed by atoms with Crippen LogP contribution >= 0.6 is 0 Å². The molecule has 1 heterocycles.